The molecule has 16 heavy (non-hydrogen) atoms. The van der Waals surface area contributed by atoms with Crippen LogP contribution in [-0.4, -0.2) is 49.2 Å². The first kappa shape index (κ1) is 13.7. The second-order valence-electron chi connectivity index (χ2n) is 4.42. The summed E-state index contributed by atoms with van der Waals surface area (Å²) in [4.78, 5) is 14.1. The average Bonchev–Trinajstić information content (AvgIpc) is 2.98. The van der Waals surface area contributed by atoms with E-state index in [2.05, 4.69) is 12.2 Å². The number of halogens is 1. The molecule has 1 saturated carbocycles. The van der Waals surface area contributed by atoms with Crippen LogP contribution in [0, 0.1) is 5.92 Å². The average molecular weight is 249 g/mol. The Bertz CT molecular complexity index is 250. The lowest BCUT2D eigenvalue weighted by atomic mass is 10.2. The fraction of sp³-hybridized carbons (Fsp3) is 0.909. The number of ether oxygens (including phenoxy) is 1. The minimum absolute atomic E-state index is 0. The highest BCUT2D eigenvalue weighted by Gasteiger charge is 2.46. The molecule has 4 nitrogen and oxygen atoms in total. The summed E-state index contributed by atoms with van der Waals surface area (Å²) in [6.07, 6.45) is 1.12. The molecule has 1 amide bonds. The van der Waals surface area contributed by atoms with Gasteiger partial charge in [0, 0.05) is 32.3 Å². The third-order valence-electron chi connectivity index (χ3n) is 3.21. The number of hydrogen-bond donors (Lipinski definition) is 1. The van der Waals surface area contributed by atoms with Crippen molar-refractivity contribution in [2.24, 2.45) is 5.92 Å². The molecular weight excluding hydrogens is 228 g/mol. The van der Waals surface area contributed by atoms with Crippen LogP contribution in [0.1, 0.15) is 20.3 Å². The molecule has 2 rings (SSSR count). The van der Waals surface area contributed by atoms with Gasteiger partial charge < -0.3 is 15.0 Å². The molecule has 1 N–H and O–H groups in total. The summed E-state index contributed by atoms with van der Waals surface area (Å²) in [5.41, 5.74) is 0. The van der Waals surface area contributed by atoms with Gasteiger partial charge in [0.05, 0.1) is 12.0 Å². The van der Waals surface area contributed by atoms with E-state index in [-0.39, 0.29) is 24.4 Å². The number of nitrogens with zero attached hydrogens (tertiary/aromatic N) is 1. The maximum absolute atomic E-state index is 12.1. The number of nitrogens with one attached hydrogen (secondary N) is 1. The Morgan fingerprint density at radius 2 is 2.31 bits per heavy atom. The molecule has 2 aliphatic rings. The van der Waals surface area contributed by atoms with E-state index in [1.165, 1.54) is 0 Å². The lowest BCUT2D eigenvalue weighted by molar-refractivity contribution is -0.136. The third-order valence-corrected chi connectivity index (χ3v) is 3.21. The molecule has 3 unspecified atom stereocenters. The molecule has 1 aliphatic heterocycles. The molecule has 2 fully saturated rings. The van der Waals surface area contributed by atoms with Crippen LogP contribution in [0.2, 0.25) is 0 Å². The van der Waals surface area contributed by atoms with Gasteiger partial charge >= 0.3 is 0 Å². The minimum Gasteiger partial charge on any atom is -0.378 e. The largest absolute Gasteiger partial charge is 0.378 e. The molecule has 1 aliphatic carbocycles. The quantitative estimate of drug-likeness (QED) is 0.798. The number of carbonyl (C=O) groups excluding carboxylic acids is 1. The summed E-state index contributed by atoms with van der Waals surface area (Å²) in [5, 5.41) is 3.29. The van der Waals surface area contributed by atoms with Gasteiger partial charge in [-0.25, -0.2) is 0 Å². The molecule has 0 radical (unpaired) electrons. The molecule has 1 heterocycles. The zero-order valence-electron chi connectivity index (χ0n) is 9.94. The van der Waals surface area contributed by atoms with Crippen LogP contribution in [0.25, 0.3) is 0 Å². The number of amides is 1. The van der Waals surface area contributed by atoms with E-state index in [1.54, 1.807) is 0 Å². The van der Waals surface area contributed by atoms with Crippen LogP contribution < -0.4 is 5.32 Å². The molecule has 0 aromatic heterocycles. The highest BCUT2D eigenvalue weighted by molar-refractivity contribution is 5.85. The topological polar surface area (TPSA) is 41.6 Å². The van der Waals surface area contributed by atoms with Crippen molar-refractivity contribution in [1.82, 2.24) is 10.2 Å². The summed E-state index contributed by atoms with van der Waals surface area (Å²) in [6.45, 7) is 7.47. The fourth-order valence-electron chi connectivity index (χ4n) is 2.21. The predicted octanol–water partition coefficient (Wildman–Crippen LogP) is 0.654. The van der Waals surface area contributed by atoms with Crippen molar-refractivity contribution in [3.8, 4) is 0 Å². The molecule has 94 valence electrons. The van der Waals surface area contributed by atoms with E-state index in [1.807, 2.05) is 11.8 Å². The van der Waals surface area contributed by atoms with Gasteiger partial charge in [-0.05, 0) is 20.3 Å². The van der Waals surface area contributed by atoms with Crippen molar-refractivity contribution < 1.29 is 9.53 Å². The molecule has 1 saturated heterocycles. The molecule has 3 atom stereocenters. The van der Waals surface area contributed by atoms with Crippen molar-refractivity contribution in [3.63, 3.8) is 0 Å². The Kier molecular flexibility index (Phi) is 5.02. The van der Waals surface area contributed by atoms with Crippen LogP contribution in [0.5, 0.6) is 0 Å². The first-order valence-electron chi connectivity index (χ1n) is 5.86. The zero-order valence-corrected chi connectivity index (χ0v) is 10.8. The zero-order chi connectivity index (χ0) is 10.8. The standard InChI is InChI=1S/C11H20N2O2.ClH/c1-3-15-10-6-9(10)11(14)13-5-4-12-7-8(13)2;/h8-10,12H,3-7H2,1-2H3;1H. The molecular formula is C11H21ClN2O2. The van der Waals surface area contributed by atoms with Gasteiger partial charge in [0.25, 0.3) is 0 Å². The van der Waals surface area contributed by atoms with Crippen LogP contribution in [0.15, 0.2) is 0 Å². The van der Waals surface area contributed by atoms with Gasteiger partial charge in [-0.3, -0.25) is 4.79 Å². The molecule has 5 heteroatoms. The second kappa shape index (κ2) is 5.84. The Labute approximate surface area is 103 Å². The molecule has 0 spiro atoms. The van der Waals surface area contributed by atoms with Crippen molar-refractivity contribution >= 4 is 18.3 Å². The first-order valence-corrected chi connectivity index (χ1v) is 5.86. The van der Waals surface area contributed by atoms with E-state index < -0.39 is 0 Å². The number of piperazine rings is 1. The van der Waals surface area contributed by atoms with Gasteiger partial charge in [-0.1, -0.05) is 0 Å². The lowest BCUT2D eigenvalue weighted by Crippen LogP contribution is -2.53. The second-order valence-corrected chi connectivity index (χ2v) is 4.42. The smallest absolute Gasteiger partial charge is 0.228 e. The van der Waals surface area contributed by atoms with Gasteiger partial charge in [0.15, 0.2) is 0 Å². The molecule has 0 aromatic rings. The summed E-state index contributed by atoms with van der Waals surface area (Å²) in [5.74, 6) is 0.438. The van der Waals surface area contributed by atoms with Crippen molar-refractivity contribution in [2.45, 2.75) is 32.4 Å². The summed E-state index contributed by atoms with van der Waals surface area (Å²) in [7, 11) is 0. The van der Waals surface area contributed by atoms with Crippen molar-refractivity contribution in [3.05, 3.63) is 0 Å². The fourth-order valence-corrected chi connectivity index (χ4v) is 2.21. The van der Waals surface area contributed by atoms with E-state index in [0.717, 1.165) is 26.1 Å². The van der Waals surface area contributed by atoms with E-state index in [0.29, 0.717) is 18.6 Å². The van der Waals surface area contributed by atoms with E-state index in [9.17, 15) is 4.79 Å². The van der Waals surface area contributed by atoms with Crippen LogP contribution in [0.4, 0.5) is 0 Å². The highest BCUT2D eigenvalue weighted by atomic mass is 35.5. The van der Waals surface area contributed by atoms with Crippen molar-refractivity contribution in [2.75, 3.05) is 26.2 Å². The Balaban J connectivity index is 0.00000128. The lowest BCUT2D eigenvalue weighted by Gasteiger charge is -2.34. The molecule has 0 bridgehead atoms. The monoisotopic (exact) mass is 248 g/mol. The van der Waals surface area contributed by atoms with Crippen molar-refractivity contribution in [1.29, 1.82) is 0 Å². The van der Waals surface area contributed by atoms with E-state index >= 15 is 0 Å². The maximum atomic E-state index is 12.1. The number of carbonyl (C=O) groups is 1. The Morgan fingerprint density at radius 1 is 1.56 bits per heavy atom. The van der Waals surface area contributed by atoms with Gasteiger partial charge in [0.2, 0.25) is 5.91 Å². The number of hydrogen-bond acceptors (Lipinski definition) is 3. The highest BCUT2D eigenvalue weighted by Crippen LogP contribution is 2.35. The normalized spacial score (nSPS) is 33.1. The summed E-state index contributed by atoms with van der Waals surface area (Å²) >= 11 is 0. The van der Waals surface area contributed by atoms with Gasteiger partial charge in [0.1, 0.15) is 0 Å². The van der Waals surface area contributed by atoms with Crippen LogP contribution in [-0.2, 0) is 9.53 Å². The number of rotatable bonds is 3. The SMILES string of the molecule is CCOC1CC1C(=O)N1CCNCC1C.Cl. The summed E-state index contributed by atoms with van der Waals surface area (Å²) in [6, 6.07) is 0.328. The van der Waals surface area contributed by atoms with Crippen LogP contribution in [0.3, 0.4) is 0 Å². The Morgan fingerprint density at radius 3 is 2.94 bits per heavy atom. The van der Waals surface area contributed by atoms with Gasteiger partial charge in [-0.2, -0.15) is 0 Å². The van der Waals surface area contributed by atoms with E-state index in [4.69, 9.17) is 4.74 Å². The van der Waals surface area contributed by atoms with Crippen LogP contribution >= 0.6 is 12.4 Å². The maximum Gasteiger partial charge on any atom is 0.228 e. The molecule has 0 aromatic carbocycles. The predicted molar refractivity (Wildman–Crippen MR) is 64.8 cm³/mol. The summed E-state index contributed by atoms with van der Waals surface area (Å²) < 4.78 is 5.45. The minimum atomic E-state index is 0. The first-order chi connectivity index (χ1) is 7.24. The third kappa shape index (κ3) is 2.87. The van der Waals surface area contributed by atoms with Gasteiger partial charge in [-0.15, -0.1) is 12.4 Å². The Hall–Kier alpha value is -0.320.